The largest absolute Gasteiger partial charge is 0.367 e. The summed E-state index contributed by atoms with van der Waals surface area (Å²) in [5, 5.41) is 9.21. The number of nitriles is 1. The average molecular weight is 354 g/mol. The average Bonchev–Trinajstić information content (AvgIpc) is 3.28. The number of benzene rings is 1. The first kappa shape index (κ1) is 14.9. The Bertz CT molecular complexity index is 977. The molecule has 3 aliphatic rings. The Morgan fingerprint density at radius 2 is 1.76 bits per heavy atom. The van der Waals surface area contributed by atoms with Crippen LogP contribution < -0.4 is 4.90 Å². The third-order valence-electron chi connectivity index (χ3n) is 5.96. The monoisotopic (exact) mass is 354 g/mol. The van der Waals surface area contributed by atoms with E-state index < -0.39 is 23.0 Å². The Hall–Kier alpha value is -2.37. The fourth-order valence-electron chi connectivity index (χ4n) is 4.83. The molecule has 3 saturated heterocycles. The topological polar surface area (TPSA) is 96.2 Å². The van der Waals surface area contributed by atoms with E-state index in [-0.39, 0.29) is 11.8 Å². The van der Waals surface area contributed by atoms with E-state index in [0.29, 0.717) is 22.3 Å². The second kappa shape index (κ2) is 4.42. The van der Waals surface area contributed by atoms with E-state index in [1.165, 1.54) is 4.90 Å². The lowest BCUT2D eigenvalue weighted by Crippen LogP contribution is -2.40. The molecule has 0 radical (unpaired) electrons. The van der Waals surface area contributed by atoms with Crippen LogP contribution in [0, 0.1) is 23.2 Å². The molecule has 1 aromatic heterocycles. The summed E-state index contributed by atoms with van der Waals surface area (Å²) in [6.45, 7) is 3.85. The Balaban J connectivity index is 1.68. The predicted octanol–water partition coefficient (Wildman–Crippen LogP) is 2.01. The maximum Gasteiger partial charge on any atom is 0.240 e. The lowest BCUT2D eigenvalue weighted by Gasteiger charge is -2.27. The number of carbonyl (C=O) groups excluding carboxylic acids is 2. The molecule has 2 aromatic rings. The van der Waals surface area contributed by atoms with Crippen LogP contribution in [0.25, 0.3) is 11.0 Å². The van der Waals surface area contributed by atoms with Crippen molar-refractivity contribution in [2.45, 2.75) is 37.9 Å². The number of hydrogen-bond donors (Lipinski definition) is 0. The predicted molar refractivity (Wildman–Crippen MR) is 88.7 cm³/mol. The summed E-state index contributed by atoms with van der Waals surface area (Å²) in [6.07, 6.45) is 1.55. The number of hydrogen-bond acceptors (Lipinski definition) is 7. The molecule has 0 saturated carbocycles. The molecule has 3 fully saturated rings. The molecule has 2 unspecified atom stereocenters. The summed E-state index contributed by atoms with van der Waals surface area (Å²) in [4.78, 5) is 27.6. The molecule has 0 spiro atoms. The van der Waals surface area contributed by atoms with Crippen molar-refractivity contribution in [2.75, 3.05) is 4.90 Å². The Morgan fingerprint density at radius 3 is 2.36 bits per heavy atom. The lowest BCUT2D eigenvalue weighted by molar-refractivity contribution is -0.129. The van der Waals surface area contributed by atoms with Gasteiger partial charge in [0.1, 0.15) is 17.1 Å². The third kappa shape index (κ3) is 1.62. The van der Waals surface area contributed by atoms with Gasteiger partial charge in [0, 0.05) is 0 Å². The minimum absolute atomic E-state index is 0.236. The highest BCUT2D eigenvalue weighted by atomic mass is 32.1. The Labute approximate surface area is 147 Å². The van der Waals surface area contributed by atoms with Crippen molar-refractivity contribution in [3.63, 3.8) is 0 Å². The zero-order chi connectivity index (χ0) is 17.6. The van der Waals surface area contributed by atoms with Gasteiger partial charge in [-0.05, 0) is 38.8 Å². The van der Waals surface area contributed by atoms with Crippen molar-refractivity contribution in [2.24, 2.45) is 11.8 Å². The first-order chi connectivity index (χ1) is 11.9. The first-order valence-corrected chi connectivity index (χ1v) is 8.86. The van der Waals surface area contributed by atoms with Gasteiger partial charge in [-0.25, -0.2) is 4.90 Å². The van der Waals surface area contributed by atoms with Crippen LogP contribution in [0.3, 0.4) is 0 Å². The van der Waals surface area contributed by atoms with Gasteiger partial charge < -0.3 is 4.74 Å². The Kier molecular flexibility index (Phi) is 2.64. The standard InChI is InChI=1S/C17H14N4O3S/c1-16-5-6-17(2,24-16)11-10(16)14(22)21(15(11)23)9-4-3-8(7-18)12-13(9)20-25-19-12/h3-4,10-11H,5-6H2,1-2H3/t10-,11+,16?,17?. The molecule has 2 amide bonds. The highest BCUT2D eigenvalue weighted by molar-refractivity contribution is 7.00. The Morgan fingerprint density at radius 1 is 1.16 bits per heavy atom. The molecule has 2 bridgehead atoms. The number of amides is 2. The molecule has 4 atom stereocenters. The van der Waals surface area contributed by atoms with Gasteiger partial charge in [0.2, 0.25) is 11.8 Å². The van der Waals surface area contributed by atoms with Crippen molar-refractivity contribution >= 4 is 40.3 Å². The number of nitrogens with zero attached hydrogens (tertiary/aromatic N) is 4. The zero-order valence-corrected chi connectivity index (χ0v) is 14.5. The van der Waals surface area contributed by atoms with Gasteiger partial charge in [-0.3, -0.25) is 9.59 Å². The van der Waals surface area contributed by atoms with Crippen molar-refractivity contribution in [3.05, 3.63) is 17.7 Å². The van der Waals surface area contributed by atoms with Gasteiger partial charge in [-0.15, -0.1) is 0 Å². The second-order valence-corrected chi connectivity index (χ2v) is 7.93. The van der Waals surface area contributed by atoms with E-state index in [2.05, 4.69) is 14.8 Å². The second-order valence-electron chi connectivity index (χ2n) is 7.40. The van der Waals surface area contributed by atoms with E-state index in [1.807, 2.05) is 13.8 Å². The summed E-state index contributed by atoms with van der Waals surface area (Å²) in [7, 11) is 0. The molecule has 1 aromatic carbocycles. The zero-order valence-electron chi connectivity index (χ0n) is 13.6. The van der Waals surface area contributed by atoms with E-state index >= 15 is 0 Å². The van der Waals surface area contributed by atoms with Gasteiger partial charge in [-0.1, -0.05) is 0 Å². The number of imide groups is 1. The first-order valence-electron chi connectivity index (χ1n) is 8.13. The van der Waals surface area contributed by atoms with Gasteiger partial charge in [0.25, 0.3) is 0 Å². The molecular weight excluding hydrogens is 340 g/mol. The minimum atomic E-state index is -0.590. The van der Waals surface area contributed by atoms with Gasteiger partial charge >= 0.3 is 0 Å². The summed E-state index contributed by atoms with van der Waals surface area (Å²) < 4.78 is 14.5. The van der Waals surface area contributed by atoms with Gasteiger partial charge in [-0.2, -0.15) is 14.0 Å². The van der Waals surface area contributed by atoms with Crippen LogP contribution >= 0.6 is 11.7 Å². The van der Waals surface area contributed by atoms with Crippen LogP contribution in [0.15, 0.2) is 12.1 Å². The van der Waals surface area contributed by atoms with Crippen LogP contribution in [0.4, 0.5) is 5.69 Å². The van der Waals surface area contributed by atoms with Crippen molar-refractivity contribution < 1.29 is 14.3 Å². The van der Waals surface area contributed by atoms with Crippen LogP contribution in [0.1, 0.15) is 32.3 Å². The van der Waals surface area contributed by atoms with E-state index in [4.69, 9.17) is 4.74 Å². The summed E-state index contributed by atoms with van der Waals surface area (Å²) >= 11 is 0.966. The van der Waals surface area contributed by atoms with E-state index in [0.717, 1.165) is 24.6 Å². The van der Waals surface area contributed by atoms with Crippen LogP contribution in [-0.2, 0) is 14.3 Å². The summed E-state index contributed by atoms with van der Waals surface area (Å²) in [5.74, 6) is -1.40. The van der Waals surface area contributed by atoms with E-state index in [1.54, 1.807) is 12.1 Å². The summed E-state index contributed by atoms with van der Waals surface area (Å²) in [6, 6.07) is 5.27. The molecule has 0 N–H and O–H groups in total. The maximum absolute atomic E-state index is 13.2. The highest BCUT2D eigenvalue weighted by Gasteiger charge is 2.72. The van der Waals surface area contributed by atoms with Gasteiger partial charge in [0.05, 0.1) is 46.0 Å². The molecule has 5 rings (SSSR count). The minimum Gasteiger partial charge on any atom is -0.367 e. The third-order valence-corrected chi connectivity index (χ3v) is 6.49. The quantitative estimate of drug-likeness (QED) is 0.727. The fraction of sp³-hybridized carbons (Fsp3) is 0.471. The molecule has 25 heavy (non-hydrogen) atoms. The van der Waals surface area contributed by atoms with Crippen molar-refractivity contribution in [1.29, 1.82) is 5.26 Å². The van der Waals surface area contributed by atoms with Crippen LogP contribution in [0.2, 0.25) is 0 Å². The lowest BCUT2D eigenvalue weighted by atomic mass is 9.69. The molecule has 4 heterocycles. The van der Waals surface area contributed by atoms with Crippen LogP contribution in [0.5, 0.6) is 0 Å². The molecule has 126 valence electrons. The number of anilines is 1. The maximum atomic E-state index is 13.2. The van der Waals surface area contributed by atoms with Gasteiger partial charge in [0.15, 0.2) is 0 Å². The number of rotatable bonds is 1. The number of aromatic nitrogens is 2. The molecule has 7 nitrogen and oxygen atoms in total. The normalized spacial score (nSPS) is 36.3. The number of fused-ring (bicyclic) bond motifs is 6. The van der Waals surface area contributed by atoms with Crippen molar-refractivity contribution in [3.8, 4) is 6.07 Å². The molecule has 0 aliphatic carbocycles. The molecule has 8 heteroatoms. The SMILES string of the molecule is CC12CCC(C)(O1)[C@H]1C(=O)N(c3ccc(C#N)c4nsnc34)C(=O)[C@H]12. The smallest absolute Gasteiger partial charge is 0.240 e. The van der Waals surface area contributed by atoms with E-state index in [9.17, 15) is 14.9 Å². The van der Waals surface area contributed by atoms with Crippen LogP contribution in [-0.4, -0.2) is 31.8 Å². The highest BCUT2D eigenvalue weighted by Crippen LogP contribution is 2.61. The summed E-state index contributed by atoms with van der Waals surface area (Å²) in [5.41, 5.74) is 0.473. The molecule has 3 aliphatic heterocycles. The van der Waals surface area contributed by atoms with Crippen molar-refractivity contribution in [1.82, 2.24) is 8.75 Å². The number of ether oxygens (including phenoxy) is 1. The fourth-order valence-corrected chi connectivity index (χ4v) is 5.40. The number of carbonyl (C=O) groups is 2. The molecular formula is C17H14N4O3S.